The number of nitrogens with one attached hydrogen (secondary N) is 1. The van der Waals surface area contributed by atoms with Crippen LogP contribution in [0.4, 0.5) is 0 Å². The molecule has 21 heavy (non-hydrogen) atoms. The second kappa shape index (κ2) is 8.96. The molecule has 120 valence electrons. The van der Waals surface area contributed by atoms with Crippen LogP contribution in [-0.2, 0) is 19.5 Å². The second-order valence-corrected chi connectivity index (χ2v) is 6.21. The Morgan fingerprint density at radius 1 is 1.19 bits per heavy atom. The molecule has 0 aliphatic heterocycles. The zero-order valence-corrected chi connectivity index (χ0v) is 12.8. The van der Waals surface area contributed by atoms with Crippen LogP contribution in [0.15, 0.2) is 29.2 Å². The normalized spacial score (nSPS) is 13.2. The van der Waals surface area contributed by atoms with Crippen LogP contribution in [0.25, 0.3) is 0 Å². The van der Waals surface area contributed by atoms with Crippen LogP contribution in [0.2, 0.25) is 0 Å². The Hall–Kier alpha value is -1.19. The number of hydrogen-bond acceptors (Lipinski definition) is 6. The van der Waals surface area contributed by atoms with Crippen molar-refractivity contribution >= 4 is 10.0 Å². The van der Waals surface area contributed by atoms with E-state index in [2.05, 4.69) is 4.72 Å². The van der Waals surface area contributed by atoms with Gasteiger partial charge < -0.3 is 20.3 Å². The first-order valence-electron chi connectivity index (χ1n) is 6.62. The third-order valence-electron chi connectivity index (χ3n) is 2.51. The Kier molecular flexibility index (Phi) is 7.62. The van der Waals surface area contributed by atoms with Crippen LogP contribution in [0.1, 0.15) is 6.92 Å². The Bertz CT molecular complexity index is 504. The van der Waals surface area contributed by atoms with Gasteiger partial charge in [-0.25, -0.2) is 13.1 Å². The number of ether oxygens (including phenoxy) is 2. The SMILES string of the molecule is C[C@@H](COCCOCCN)NS(=O)(=O)c1ccc(O)cc1. The average Bonchev–Trinajstić information content (AvgIpc) is 2.42. The minimum absolute atomic E-state index is 0.0165. The molecule has 0 saturated heterocycles. The largest absolute Gasteiger partial charge is 0.508 e. The highest BCUT2D eigenvalue weighted by molar-refractivity contribution is 7.89. The van der Waals surface area contributed by atoms with E-state index in [1.54, 1.807) is 6.92 Å². The van der Waals surface area contributed by atoms with E-state index >= 15 is 0 Å². The molecule has 0 aromatic heterocycles. The van der Waals surface area contributed by atoms with E-state index in [0.717, 1.165) is 0 Å². The standard InChI is InChI=1S/C13H22N2O5S/c1-11(10-20-9-8-19-7-6-14)15-21(17,18)13-4-2-12(16)3-5-13/h2-5,11,15-16H,6-10,14H2,1H3/t11-/m0/s1. The topological polar surface area (TPSA) is 111 Å². The van der Waals surface area contributed by atoms with Gasteiger partial charge in [0.05, 0.1) is 31.3 Å². The van der Waals surface area contributed by atoms with Crippen molar-refractivity contribution in [1.29, 1.82) is 0 Å². The molecule has 0 radical (unpaired) electrons. The summed E-state index contributed by atoms with van der Waals surface area (Å²) in [5.41, 5.74) is 5.27. The maximum absolute atomic E-state index is 12.0. The van der Waals surface area contributed by atoms with Crippen LogP contribution in [0.3, 0.4) is 0 Å². The number of rotatable bonds is 10. The van der Waals surface area contributed by atoms with Crippen molar-refractivity contribution in [3.05, 3.63) is 24.3 Å². The van der Waals surface area contributed by atoms with Gasteiger partial charge >= 0.3 is 0 Å². The van der Waals surface area contributed by atoms with Gasteiger partial charge in [0.15, 0.2) is 0 Å². The quantitative estimate of drug-likeness (QED) is 0.526. The zero-order valence-electron chi connectivity index (χ0n) is 12.0. The van der Waals surface area contributed by atoms with Gasteiger partial charge in [-0.05, 0) is 31.2 Å². The molecular weight excluding hydrogens is 296 g/mol. The van der Waals surface area contributed by atoms with Crippen molar-refractivity contribution in [3.8, 4) is 5.75 Å². The molecule has 0 spiro atoms. The lowest BCUT2D eigenvalue weighted by Crippen LogP contribution is -2.36. The minimum atomic E-state index is -3.62. The fourth-order valence-electron chi connectivity index (χ4n) is 1.56. The third kappa shape index (κ3) is 6.87. The Labute approximate surface area is 125 Å². The van der Waals surface area contributed by atoms with Crippen LogP contribution in [-0.4, -0.2) is 52.5 Å². The molecule has 1 rings (SSSR count). The summed E-state index contributed by atoms with van der Waals surface area (Å²) in [5.74, 6) is 0.0165. The van der Waals surface area contributed by atoms with Gasteiger partial charge in [0.1, 0.15) is 5.75 Å². The molecule has 8 heteroatoms. The summed E-state index contributed by atoms with van der Waals surface area (Å²) in [6.45, 7) is 3.69. The van der Waals surface area contributed by atoms with Crippen molar-refractivity contribution < 1.29 is 23.0 Å². The average molecular weight is 318 g/mol. The smallest absolute Gasteiger partial charge is 0.240 e. The molecule has 0 heterocycles. The Balaban J connectivity index is 2.36. The Morgan fingerprint density at radius 2 is 1.81 bits per heavy atom. The fraction of sp³-hybridized carbons (Fsp3) is 0.538. The van der Waals surface area contributed by atoms with Gasteiger partial charge in [0.2, 0.25) is 10.0 Å². The molecule has 0 fully saturated rings. The highest BCUT2D eigenvalue weighted by atomic mass is 32.2. The molecule has 0 aliphatic rings. The van der Waals surface area contributed by atoms with Gasteiger partial charge in [-0.2, -0.15) is 0 Å². The molecule has 0 saturated carbocycles. The van der Waals surface area contributed by atoms with E-state index in [-0.39, 0.29) is 23.3 Å². The van der Waals surface area contributed by atoms with Crippen molar-refractivity contribution in [3.63, 3.8) is 0 Å². The molecule has 0 unspecified atom stereocenters. The van der Waals surface area contributed by atoms with Gasteiger partial charge in [0.25, 0.3) is 0 Å². The van der Waals surface area contributed by atoms with E-state index in [1.165, 1.54) is 24.3 Å². The maximum atomic E-state index is 12.0. The first-order chi connectivity index (χ1) is 9.95. The summed E-state index contributed by atoms with van der Waals surface area (Å²) in [7, 11) is -3.62. The second-order valence-electron chi connectivity index (χ2n) is 4.49. The molecule has 0 amide bonds. The number of benzene rings is 1. The van der Waals surface area contributed by atoms with E-state index in [9.17, 15) is 8.42 Å². The summed E-state index contributed by atoms with van der Waals surface area (Å²) in [6, 6.07) is 4.95. The van der Waals surface area contributed by atoms with Crippen LogP contribution in [0.5, 0.6) is 5.75 Å². The van der Waals surface area contributed by atoms with Crippen LogP contribution in [0, 0.1) is 0 Å². The predicted molar refractivity (Wildman–Crippen MR) is 78.6 cm³/mol. The van der Waals surface area contributed by atoms with Crippen molar-refractivity contribution in [1.82, 2.24) is 4.72 Å². The lowest BCUT2D eigenvalue weighted by molar-refractivity contribution is 0.0455. The van der Waals surface area contributed by atoms with Crippen LogP contribution < -0.4 is 10.5 Å². The Morgan fingerprint density at radius 3 is 2.43 bits per heavy atom. The fourth-order valence-corrected chi connectivity index (χ4v) is 2.78. The molecule has 1 aromatic rings. The van der Waals surface area contributed by atoms with Crippen molar-refractivity contribution in [2.24, 2.45) is 5.73 Å². The van der Waals surface area contributed by atoms with E-state index < -0.39 is 10.0 Å². The highest BCUT2D eigenvalue weighted by Gasteiger charge is 2.17. The van der Waals surface area contributed by atoms with Gasteiger partial charge in [-0.3, -0.25) is 0 Å². The maximum Gasteiger partial charge on any atom is 0.240 e. The monoisotopic (exact) mass is 318 g/mol. The van der Waals surface area contributed by atoms with E-state index in [1.807, 2.05) is 0 Å². The lowest BCUT2D eigenvalue weighted by Gasteiger charge is -2.14. The minimum Gasteiger partial charge on any atom is -0.508 e. The lowest BCUT2D eigenvalue weighted by atomic mass is 10.3. The summed E-state index contributed by atoms with van der Waals surface area (Å²) in [5, 5.41) is 9.15. The van der Waals surface area contributed by atoms with Gasteiger partial charge in [-0.1, -0.05) is 0 Å². The summed E-state index contributed by atoms with van der Waals surface area (Å²) in [4.78, 5) is 0.0958. The van der Waals surface area contributed by atoms with Gasteiger partial charge in [-0.15, -0.1) is 0 Å². The number of hydrogen-bond donors (Lipinski definition) is 3. The van der Waals surface area contributed by atoms with Crippen LogP contribution >= 0.6 is 0 Å². The third-order valence-corrected chi connectivity index (χ3v) is 4.11. The first kappa shape index (κ1) is 17.9. The number of nitrogens with two attached hydrogens (primary N) is 1. The number of aromatic hydroxyl groups is 1. The number of phenolic OH excluding ortho intramolecular Hbond substituents is 1. The molecule has 7 nitrogen and oxygen atoms in total. The zero-order chi connectivity index (χ0) is 15.7. The first-order valence-corrected chi connectivity index (χ1v) is 8.11. The number of phenols is 1. The van der Waals surface area contributed by atoms with Crippen molar-refractivity contribution in [2.45, 2.75) is 17.9 Å². The molecule has 4 N–H and O–H groups in total. The summed E-state index contributed by atoms with van der Waals surface area (Å²) < 4.78 is 37.0. The van der Waals surface area contributed by atoms with E-state index in [4.69, 9.17) is 20.3 Å². The molecular formula is C13H22N2O5S. The summed E-state index contributed by atoms with van der Waals surface area (Å²) in [6.07, 6.45) is 0. The van der Waals surface area contributed by atoms with Crippen molar-refractivity contribution in [2.75, 3.05) is 33.0 Å². The highest BCUT2D eigenvalue weighted by Crippen LogP contribution is 2.14. The number of sulfonamides is 1. The van der Waals surface area contributed by atoms with Gasteiger partial charge in [0, 0.05) is 12.6 Å². The molecule has 1 aromatic carbocycles. The molecule has 0 bridgehead atoms. The molecule has 0 aliphatic carbocycles. The predicted octanol–water partition coefficient (Wildman–Crippen LogP) is 0.0509. The van der Waals surface area contributed by atoms with E-state index in [0.29, 0.717) is 26.4 Å². The molecule has 1 atom stereocenters. The summed E-state index contributed by atoms with van der Waals surface area (Å²) >= 11 is 0.